The molecule has 1 aromatic carbocycles. The van der Waals surface area contributed by atoms with Crippen LogP contribution in [-0.2, 0) is 0 Å². The fourth-order valence-electron chi connectivity index (χ4n) is 2.15. The number of rotatable bonds is 9. The molecule has 18 heavy (non-hydrogen) atoms. The number of hydrogen-bond acceptors (Lipinski definition) is 4. The number of unbranched alkanes of at least 4 members (excludes halogenated alkanes) is 3. The van der Waals surface area contributed by atoms with E-state index in [2.05, 4.69) is 31.0 Å². The van der Waals surface area contributed by atoms with Gasteiger partial charge >= 0.3 is 0 Å². The first-order valence-electron chi connectivity index (χ1n) is 6.99. The Balaban J connectivity index is 2.58. The molecule has 0 radical (unpaired) electrons. The van der Waals surface area contributed by atoms with Gasteiger partial charge in [-0.25, -0.2) is 0 Å². The third-order valence-electron chi connectivity index (χ3n) is 3.30. The van der Waals surface area contributed by atoms with Crippen molar-refractivity contribution in [3.8, 4) is 0 Å². The molecule has 0 unspecified atom stereocenters. The minimum atomic E-state index is 0.849. The Labute approximate surface area is 121 Å². The number of nitrogens with zero attached hydrogens (tertiary/aromatic N) is 1. The summed E-state index contributed by atoms with van der Waals surface area (Å²) in [5.41, 5.74) is 2.27. The van der Waals surface area contributed by atoms with Gasteiger partial charge in [0.15, 0.2) is 0 Å². The van der Waals surface area contributed by atoms with Crippen molar-refractivity contribution in [3.63, 3.8) is 0 Å². The monoisotopic (exact) mass is 284 g/mol. The fourth-order valence-corrected chi connectivity index (χ4v) is 2.75. The zero-order valence-corrected chi connectivity index (χ0v) is 13.3. The van der Waals surface area contributed by atoms with E-state index < -0.39 is 0 Å². The van der Waals surface area contributed by atoms with E-state index in [1.54, 1.807) is 0 Å². The van der Waals surface area contributed by atoms with Crippen LogP contribution in [0.3, 0.4) is 0 Å². The van der Waals surface area contributed by atoms with Crippen molar-refractivity contribution in [1.29, 1.82) is 0 Å². The van der Waals surface area contributed by atoms with E-state index in [9.17, 15) is 0 Å². The van der Waals surface area contributed by atoms with Gasteiger partial charge in [-0.2, -0.15) is 0 Å². The van der Waals surface area contributed by atoms with Crippen LogP contribution in [0.1, 0.15) is 46.5 Å². The largest absolute Gasteiger partial charge is 0.382 e. The lowest BCUT2D eigenvalue weighted by atomic mass is 10.1. The molecule has 4 heteroatoms. The highest BCUT2D eigenvalue weighted by Gasteiger charge is 2.18. The van der Waals surface area contributed by atoms with Crippen molar-refractivity contribution in [2.24, 2.45) is 0 Å². The summed E-state index contributed by atoms with van der Waals surface area (Å²) in [6.45, 7) is 9.50. The Hall–Kier alpha value is -0.480. The van der Waals surface area contributed by atoms with Gasteiger partial charge in [-0.3, -0.25) is 0 Å². The summed E-state index contributed by atoms with van der Waals surface area (Å²) in [6, 6.07) is 0. The molecule has 2 nitrogen and oxygen atoms in total. The van der Waals surface area contributed by atoms with Crippen LogP contribution in [0, 0.1) is 9.02 Å². The zero-order chi connectivity index (χ0) is 13.5. The van der Waals surface area contributed by atoms with Crippen molar-refractivity contribution in [3.05, 3.63) is 9.02 Å². The van der Waals surface area contributed by atoms with Gasteiger partial charge in [-0.1, -0.05) is 50.6 Å². The van der Waals surface area contributed by atoms with Crippen LogP contribution in [0.25, 0.3) is 0 Å². The molecule has 0 atom stereocenters. The number of nitrogens with one attached hydrogen (secondary N) is 1. The second-order valence-electron chi connectivity index (χ2n) is 4.54. The fraction of sp³-hybridized carbons (Fsp3) is 0.714. The molecule has 1 N–H and O–H groups in total. The van der Waals surface area contributed by atoms with Gasteiger partial charge in [0.05, 0.1) is 20.4 Å². The Bertz CT molecular complexity index is 429. The normalized spacial score (nSPS) is 10.8. The van der Waals surface area contributed by atoms with Crippen LogP contribution in [0.4, 0.5) is 11.4 Å². The van der Waals surface area contributed by atoms with Gasteiger partial charge in [0.2, 0.25) is 0 Å². The minimum absolute atomic E-state index is 0.849. The highest BCUT2D eigenvalue weighted by atomic mass is 32.1. The van der Waals surface area contributed by atoms with Crippen LogP contribution in [0.2, 0.25) is 0 Å². The van der Waals surface area contributed by atoms with Gasteiger partial charge in [-0.15, -0.1) is 0 Å². The van der Waals surface area contributed by atoms with Gasteiger partial charge < -0.3 is 10.2 Å². The smallest absolute Gasteiger partial charge is 0.0834 e. The van der Waals surface area contributed by atoms with Gasteiger partial charge in [0.1, 0.15) is 0 Å². The van der Waals surface area contributed by atoms with Crippen LogP contribution in [-0.4, -0.2) is 19.6 Å². The number of anilines is 2. The van der Waals surface area contributed by atoms with Crippen molar-refractivity contribution < 1.29 is 0 Å². The molecule has 0 saturated heterocycles. The molecule has 0 aliphatic carbocycles. The van der Waals surface area contributed by atoms with Crippen molar-refractivity contribution in [2.75, 3.05) is 29.9 Å². The van der Waals surface area contributed by atoms with E-state index in [4.69, 9.17) is 24.4 Å². The van der Waals surface area contributed by atoms with E-state index >= 15 is 0 Å². The molecular formula is C14H24N2S2. The van der Waals surface area contributed by atoms with Crippen LogP contribution >= 0.6 is 24.4 Å². The topological polar surface area (TPSA) is 15.3 Å². The molecule has 1 rings (SSSR count). The van der Waals surface area contributed by atoms with E-state index in [1.807, 2.05) is 0 Å². The van der Waals surface area contributed by atoms with Crippen LogP contribution < -0.4 is 10.2 Å². The predicted octanol–water partition coefficient (Wildman–Crippen LogP) is 4.86. The lowest BCUT2D eigenvalue weighted by Gasteiger charge is -2.27. The van der Waals surface area contributed by atoms with Crippen LogP contribution in [0.15, 0.2) is 0 Å². The van der Waals surface area contributed by atoms with Crippen LogP contribution in [0.5, 0.6) is 0 Å². The first kappa shape index (κ1) is 15.6. The van der Waals surface area contributed by atoms with Crippen molar-refractivity contribution >= 4 is 35.8 Å². The molecule has 102 valence electrons. The Morgan fingerprint density at radius 2 is 1.61 bits per heavy atom. The zero-order valence-electron chi connectivity index (χ0n) is 11.7. The second-order valence-corrected chi connectivity index (χ2v) is 5.36. The van der Waals surface area contributed by atoms with E-state index in [0.29, 0.717) is 0 Å². The Kier molecular flexibility index (Phi) is 6.79. The molecule has 0 bridgehead atoms. The summed E-state index contributed by atoms with van der Waals surface area (Å²) in [4.78, 5) is 2.28. The maximum atomic E-state index is 5.35. The standard InChI is InChI=1S/C14H24N2S2/c1-4-7-8-9-10-15-11-12(14(18)13(11)17)16(5-2)6-3/h15H,4-10H2,1-3H3. The summed E-state index contributed by atoms with van der Waals surface area (Å²) < 4.78 is 1.71. The van der Waals surface area contributed by atoms with Crippen molar-refractivity contribution in [1.82, 2.24) is 0 Å². The van der Waals surface area contributed by atoms with E-state index in [1.165, 1.54) is 25.7 Å². The van der Waals surface area contributed by atoms with Gasteiger partial charge in [-0.05, 0) is 20.3 Å². The third-order valence-corrected chi connectivity index (χ3v) is 4.23. The average Bonchev–Trinajstić information content (AvgIpc) is 2.40. The molecule has 0 heterocycles. The summed E-state index contributed by atoms with van der Waals surface area (Å²) in [5, 5.41) is 3.47. The van der Waals surface area contributed by atoms with E-state index in [0.717, 1.165) is 40.0 Å². The van der Waals surface area contributed by atoms with E-state index in [-0.39, 0.29) is 0 Å². The predicted molar refractivity (Wildman–Crippen MR) is 86.7 cm³/mol. The third kappa shape index (κ3) is 3.51. The maximum Gasteiger partial charge on any atom is 0.0834 e. The Morgan fingerprint density at radius 1 is 0.944 bits per heavy atom. The summed E-state index contributed by atoms with van der Waals surface area (Å²) in [5.74, 6) is 0. The average molecular weight is 284 g/mol. The quantitative estimate of drug-likeness (QED) is 0.514. The summed E-state index contributed by atoms with van der Waals surface area (Å²) in [6.07, 6.45) is 5.08. The minimum Gasteiger partial charge on any atom is -0.382 e. The maximum absolute atomic E-state index is 5.35. The van der Waals surface area contributed by atoms with Gasteiger partial charge in [0, 0.05) is 19.6 Å². The highest BCUT2D eigenvalue weighted by molar-refractivity contribution is 7.74. The molecule has 0 amide bonds. The molecule has 0 fully saturated rings. The first-order valence-corrected chi connectivity index (χ1v) is 7.81. The summed E-state index contributed by atoms with van der Waals surface area (Å²) in [7, 11) is 0. The number of hydrogen-bond donors (Lipinski definition) is 1. The van der Waals surface area contributed by atoms with Gasteiger partial charge in [0.25, 0.3) is 0 Å². The second kappa shape index (κ2) is 7.85. The first-order chi connectivity index (χ1) is 8.67. The lowest BCUT2D eigenvalue weighted by molar-refractivity contribution is 0.684. The molecule has 1 aromatic rings. The molecule has 0 aliphatic rings. The van der Waals surface area contributed by atoms with Crippen molar-refractivity contribution in [2.45, 2.75) is 46.5 Å². The SMILES string of the molecule is CCCCCCNc1c(N(CC)CC)c(=S)c1=S. The molecule has 0 aromatic heterocycles. The molecule has 0 saturated carbocycles. The molecule has 0 aliphatic heterocycles. The summed E-state index contributed by atoms with van der Waals surface area (Å²) >= 11 is 10.7. The Morgan fingerprint density at radius 3 is 2.17 bits per heavy atom. The molecule has 0 spiro atoms. The lowest BCUT2D eigenvalue weighted by Crippen LogP contribution is -2.25. The highest BCUT2D eigenvalue weighted by Crippen LogP contribution is 2.35. The molecular weight excluding hydrogens is 260 g/mol.